The fourth-order valence-electron chi connectivity index (χ4n) is 3.90. The zero-order chi connectivity index (χ0) is 17.0. The van der Waals surface area contributed by atoms with Gasteiger partial charge in [-0.05, 0) is 50.1 Å². The Labute approximate surface area is 145 Å². The van der Waals surface area contributed by atoms with Crippen LogP contribution in [0.15, 0.2) is 30.3 Å². The second-order valence-electron chi connectivity index (χ2n) is 7.08. The Bertz CT molecular complexity index is 620. The van der Waals surface area contributed by atoms with E-state index < -0.39 is 10.0 Å². The number of sulfonamides is 1. The number of benzene rings is 1. The minimum Gasteiger partial charge on any atom is -0.377 e. The summed E-state index contributed by atoms with van der Waals surface area (Å²) in [6.45, 7) is 1.49. The maximum atomic E-state index is 11.5. The molecule has 1 saturated heterocycles. The lowest BCUT2D eigenvalue weighted by Crippen LogP contribution is -2.55. The minimum atomic E-state index is -3.18. The molecule has 0 amide bonds. The van der Waals surface area contributed by atoms with Crippen molar-refractivity contribution in [2.24, 2.45) is 0 Å². The summed E-state index contributed by atoms with van der Waals surface area (Å²) < 4.78 is 31.9. The third kappa shape index (κ3) is 5.02. The molecular weight excluding hydrogens is 324 g/mol. The molecule has 2 aliphatic rings. The van der Waals surface area contributed by atoms with Gasteiger partial charge in [-0.3, -0.25) is 0 Å². The lowest BCUT2D eigenvalue weighted by Gasteiger charge is -2.33. The van der Waals surface area contributed by atoms with Gasteiger partial charge in [0, 0.05) is 12.1 Å². The van der Waals surface area contributed by atoms with E-state index in [-0.39, 0.29) is 18.2 Å². The monoisotopic (exact) mass is 352 g/mol. The molecule has 2 unspecified atom stereocenters. The highest BCUT2D eigenvalue weighted by atomic mass is 32.2. The Morgan fingerprint density at radius 3 is 2.75 bits per heavy atom. The number of hydrogen-bond acceptors (Lipinski definition) is 4. The van der Waals surface area contributed by atoms with E-state index in [1.54, 1.807) is 0 Å². The third-order valence-corrected chi connectivity index (χ3v) is 5.85. The van der Waals surface area contributed by atoms with Crippen LogP contribution in [0.3, 0.4) is 0 Å². The lowest BCUT2D eigenvalue weighted by molar-refractivity contribution is 0.0321. The maximum absolute atomic E-state index is 11.5. The normalized spacial score (nSPS) is 31.2. The SMILES string of the molecule is CS(=O)(=O)N[C@H]1CCCN[C@H]1COC1CCC(c2ccccc2)C1. The Balaban J connectivity index is 1.50. The zero-order valence-corrected chi connectivity index (χ0v) is 15.1. The predicted molar refractivity (Wildman–Crippen MR) is 95.6 cm³/mol. The molecule has 134 valence electrons. The quantitative estimate of drug-likeness (QED) is 0.822. The van der Waals surface area contributed by atoms with E-state index in [0.29, 0.717) is 12.5 Å². The summed E-state index contributed by atoms with van der Waals surface area (Å²) in [5.41, 5.74) is 1.40. The standard InChI is InChI=1S/C18H28N2O3S/c1-24(21,22)20-17-8-5-11-19-18(17)13-23-16-10-9-15(12-16)14-6-3-2-4-7-14/h2-4,6-7,15-20H,5,8-13H2,1H3/t15?,16?,17-,18-/m0/s1. The molecule has 1 aliphatic heterocycles. The highest BCUT2D eigenvalue weighted by Crippen LogP contribution is 2.35. The van der Waals surface area contributed by atoms with Crippen molar-refractivity contribution in [3.8, 4) is 0 Å². The first kappa shape index (κ1) is 17.9. The van der Waals surface area contributed by atoms with E-state index in [1.807, 2.05) is 0 Å². The van der Waals surface area contributed by atoms with Crippen LogP contribution in [0.5, 0.6) is 0 Å². The summed E-state index contributed by atoms with van der Waals surface area (Å²) >= 11 is 0. The average Bonchev–Trinajstić information content (AvgIpc) is 3.02. The summed E-state index contributed by atoms with van der Waals surface area (Å²) in [5, 5.41) is 3.41. The first-order chi connectivity index (χ1) is 11.5. The summed E-state index contributed by atoms with van der Waals surface area (Å²) in [5.74, 6) is 0.584. The smallest absolute Gasteiger partial charge is 0.209 e. The van der Waals surface area contributed by atoms with Crippen LogP contribution >= 0.6 is 0 Å². The van der Waals surface area contributed by atoms with Crippen molar-refractivity contribution < 1.29 is 13.2 Å². The summed E-state index contributed by atoms with van der Waals surface area (Å²) in [6.07, 6.45) is 6.66. The van der Waals surface area contributed by atoms with Crippen LogP contribution in [0.25, 0.3) is 0 Å². The van der Waals surface area contributed by atoms with Crippen LogP contribution in [-0.4, -0.2) is 46.0 Å². The Morgan fingerprint density at radius 2 is 2.00 bits per heavy atom. The number of hydrogen-bond donors (Lipinski definition) is 2. The van der Waals surface area contributed by atoms with Crippen LogP contribution in [0, 0.1) is 0 Å². The fourth-order valence-corrected chi connectivity index (χ4v) is 4.74. The summed E-state index contributed by atoms with van der Waals surface area (Å²) in [6, 6.07) is 10.6. The molecule has 4 atom stereocenters. The first-order valence-corrected chi connectivity index (χ1v) is 10.8. The Kier molecular flexibility index (Phi) is 5.92. The van der Waals surface area contributed by atoms with Crippen LogP contribution in [0.2, 0.25) is 0 Å². The second kappa shape index (κ2) is 7.95. The van der Waals surface area contributed by atoms with Crippen molar-refractivity contribution in [3.63, 3.8) is 0 Å². The van der Waals surface area contributed by atoms with E-state index >= 15 is 0 Å². The van der Waals surface area contributed by atoms with Gasteiger partial charge in [0.05, 0.1) is 19.0 Å². The molecule has 1 aliphatic carbocycles. The van der Waals surface area contributed by atoms with Crippen molar-refractivity contribution in [2.75, 3.05) is 19.4 Å². The second-order valence-corrected chi connectivity index (χ2v) is 8.86. The third-order valence-electron chi connectivity index (χ3n) is 5.12. The fraction of sp³-hybridized carbons (Fsp3) is 0.667. The van der Waals surface area contributed by atoms with Gasteiger partial charge >= 0.3 is 0 Å². The molecule has 2 N–H and O–H groups in total. The van der Waals surface area contributed by atoms with Gasteiger partial charge in [0.15, 0.2) is 0 Å². The molecule has 2 fully saturated rings. The number of piperidine rings is 1. The molecule has 6 heteroatoms. The number of nitrogens with one attached hydrogen (secondary N) is 2. The van der Waals surface area contributed by atoms with Gasteiger partial charge < -0.3 is 10.1 Å². The first-order valence-electron chi connectivity index (χ1n) is 8.88. The number of rotatable bonds is 6. The molecule has 0 spiro atoms. The van der Waals surface area contributed by atoms with Crippen molar-refractivity contribution >= 4 is 10.0 Å². The van der Waals surface area contributed by atoms with Crippen molar-refractivity contribution in [1.29, 1.82) is 0 Å². The molecule has 24 heavy (non-hydrogen) atoms. The van der Waals surface area contributed by atoms with Gasteiger partial charge in [0.1, 0.15) is 0 Å². The zero-order valence-electron chi connectivity index (χ0n) is 14.3. The Hall–Kier alpha value is -0.950. The highest BCUT2D eigenvalue weighted by Gasteiger charge is 2.30. The van der Waals surface area contributed by atoms with E-state index in [1.165, 1.54) is 11.8 Å². The van der Waals surface area contributed by atoms with Crippen LogP contribution in [0.1, 0.15) is 43.6 Å². The van der Waals surface area contributed by atoms with Crippen LogP contribution in [0.4, 0.5) is 0 Å². The average molecular weight is 353 g/mol. The lowest BCUT2D eigenvalue weighted by atomic mass is 9.98. The largest absolute Gasteiger partial charge is 0.377 e. The van der Waals surface area contributed by atoms with E-state index in [2.05, 4.69) is 40.4 Å². The summed E-state index contributed by atoms with van der Waals surface area (Å²) in [7, 11) is -3.18. The predicted octanol–water partition coefficient (Wildman–Crippen LogP) is 2.01. The van der Waals surface area contributed by atoms with Gasteiger partial charge in [-0.2, -0.15) is 0 Å². The van der Waals surface area contributed by atoms with Gasteiger partial charge in [0.25, 0.3) is 0 Å². The molecule has 5 nitrogen and oxygen atoms in total. The molecule has 0 bridgehead atoms. The molecule has 0 aromatic heterocycles. The van der Waals surface area contributed by atoms with E-state index in [4.69, 9.17) is 4.74 Å². The number of ether oxygens (including phenoxy) is 1. The van der Waals surface area contributed by atoms with E-state index in [0.717, 1.165) is 38.6 Å². The highest BCUT2D eigenvalue weighted by molar-refractivity contribution is 7.88. The summed E-state index contributed by atoms with van der Waals surface area (Å²) in [4.78, 5) is 0. The molecule has 1 saturated carbocycles. The molecule has 3 rings (SSSR count). The molecule has 1 heterocycles. The molecule has 0 radical (unpaired) electrons. The Morgan fingerprint density at radius 1 is 1.21 bits per heavy atom. The van der Waals surface area contributed by atoms with Crippen LogP contribution in [-0.2, 0) is 14.8 Å². The maximum Gasteiger partial charge on any atom is 0.209 e. The molecular formula is C18H28N2O3S. The van der Waals surface area contributed by atoms with Gasteiger partial charge in [-0.15, -0.1) is 0 Å². The van der Waals surface area contributed by atoms with Crippen molar-refractivity contribution in [2.45, 2.75) is 56.2 Å². The molecule has 1 aromatic carbocycles. The van der Waals surface area contributed by atoms with Crippen molar-refractivity contribution in [3.05, 3.63) is 35.9 Å². The van der Waals surface area contributed by atoms with Gasteiger partial charge in [0.2, 0.25) is 10.0 Å². The van der Waals surface area contributed by atoms with Gasteiger partial charge in [-0.25, -0.2) is 13.1 Å². The van der Waals surface area contributed by atoms with Gasteiger partial charge in [-0.1, -0.05) is 30.3 Å². The van der Waals surface area contributed by atoms with Crippen LogP contribution < -0.4 is 10.0 Å². The van der Waals surface area contributed by atoms with E-state index in [9.17, 15) is 8.42 Å². The topological polar surface area (TPSA) is 67.4 Å². The molecule has 1 aromatic rings. The minimum absolute atomic E-state index is 0.0595. The van der Waals surface area contributed by atoms with Crippen molar-refractivity contribution in [1.82, 2.24) is 10.0 Å².